The van der Waals surface area contributed by atoms with Gasteiger partial charge in [-0.2, -0.15) is 0 Å². The average Bonchev–Trinajstić information content (AvgIpc) is 3.09. The highest BCUT2D eigenvalue weighted by atomic mass is 127. The van der Waals surface area contributed by atoms with Crippen LogP contribution in [0.2, 0.25) is 0 Å². The van der Waals surface area contributed by atoms with Crippen LogP contribution in [0, 0.1) is 18.3 Å². The number of ether oxygens (including phenoxy) is 1. The second kappa shape index (κ2) is 11.6. The second-order valence-corrected chi connectivity index (χ2v) is 10.3. The maximum absolute atomic E-state index is 6.01. The number of likely N-dealkylation sites (tertiary alicyclic amines) is 1. The number of nitrogens with one attached hydrogen (secondary N) is 2. The van der Waals surface area contributed by atoms with Gasteiger partial charge < -0.3 is 15.4 Å². The van der Waals surface area contributed by atoms with Crippen molar-refractivity contribution in [3.05, 3.63) is 16.1 Å². The molecule has 2 heterocycles. The lowest BCUT2D eigenvalue weighted by Crippen LogP contribution is -2.68. The molecule has 1 aromatic rings. The number of nitrogens with zero attached hydrogens (tertiary/aromatic N) is 3. The Bertz CT molecular complexity index is 715. The van der Waals surface area contributed by atoms with Crippen molar-refractivity contribution in [2.45, 2.75) is 78.0 Å². The topological polar surface area (TPSA) is 61.8 Å². The largest absolute Gasteiger partial charge is 0.378 e. The van der Waals surface area contributed by atoms with Crippen molar-refractivity contribution in [3.63, 3.8) is 0 Å². The van der Waals surface area contributed by atoms with Gasteiger partial charge in [-0.3, -0.25) is 9.89 Å². The summed E-state index contributed by atoms with van der Waals surface area (Å²) < 4.78 is 6.01. The van der Waals surface area contributed by atoms with Crippen LogP contribution >= 0.6 is 35.3 Å². The van der Waals surface area contributed by atoms with Gasteiger partial charge in [0.05, 0.1) is 16.8 Å². The van der Waals surface area contributed by atoms with Gasteiger partial charge in [0.15, 0.2) is 5.96 Å². The van der Waals surface area contributed by atoms with Gasteiger partial charge in [0, 0.05) is 43.1 Å². The third-order valence-corrected chi connectivity index (χ3v) is 8.18. The summed E-state index contributed by atoms with van der Waals surface area (Å²) in [7, 11) is 0. The minimum absolute atomic E-state index is 0. The molecule has 4 rings (SSSR count). The van der Waals surface area contributed by atoms with E-state index in [1.165, 1.54) is 42.8 Å². The van der Waals surface area contributed by atoms with Gasteiger partial charge in [-0.05, 0) is 71.9 Å². The van der Waals surface area contributed by atoms with Crippen LogP contribution in [-0.4, -0.2) is 60.8 Å². The Labute approximate surface area is 209 Å². The van der Waals surface area contributed by atoms with E-state index in [-0.39, 0.29) is 24.0 Å². The van der Waals surface area contributed by atoms with Crippen molar-refractivity contribution in [2.24, 2.45) is 16.3 Å². The molecule has 3 aliphatic rings. The van der Waals surface area contributed by atoms with E-state index < -0.39 is 0 Å². The number of guanidine groups is 1. The number of rotatable bonds is 8. The summed E-state index contributed by atoms with van der Waals surface area (Å²) in [5.41, 5.74) is 1.59. The van der Waals surface area contributed by atoms with Gasteiger partial charge in [0.2, 0.25) is 0 Å². The summed E-state index contributed by atoms with van der Waals surface area (Å²) in [6.45, 7) is 12.3. The van der Waals surface area contributed by atoms with Crippen molar-refractivity contribution in [3.8, 4) is 0 Å². The van der Waals surface area contributed by atoms with Crippen LogP contribution in [-0.2, 0) is 11.3 Å². The van der Waals surface area contributed by atoms with Crippen LogP contribution in [0.4, 0.5) is 0 Å². The standard InChI is InChI=1S/C23H39N5OS.HI/c1-4-24-22(27-20-13-21(29-5-2)23(20)9-6-10-23)25-14-18-7-11-28(12-8-18)15-19-16-30-17(3)26-19;/h16,18,20-21H,4-15H2,1-3H3,(H2,24,25,27);1H. The molecule has 1 saturated heterocycles. The lowest BCUT2D eigenvalue weighted by molar-refractivity contribution is -0.168. The van der Waals surface area contributed by atoms with Crippen molar-refractivity contribution in [1.82, 2.24) is 20.5 Å². The van der Waals surface area contributed by atoms with Crippen molar-refractivity contribution >= 4 is 41.3 Å². The molecule has 2 saturated carbocycles. The number of aliphatic imine (C=N–C) groups is 1. The summed E-state index contributed by atoms with van der Waals surface area (Å²) in [6, 6.07) is 0.518. The van der Waals surface area contributed by atoms with Gasteiger partial charge in [0.25, 0.3) is 0 Å². The summed E-state index contributed by atoms with van der Waals surface area (Å²) in [5.74, 6) is 1.69. The molecule has 2 unspecified atom stereocenters. The first-order valence-electron chi connectivity index (χ1n) is 11.9. The van der Waals surface area contributed by atoms with E-state index in [2.05, 4.69) is 46.7 Å². The van der Waals surface area contributed by atoms with Crippen LogP contribution in [0.3, 0.4) is 0 Å². The third-order valence-electron chi connectivity index (χ3n) is 7.36. The van der Waals surface area contributed by atoms with Crippen LogP contribution in [0.5, 0.6) is 0 Å². The highest BCUT2D eigenvalue weighted by Crippen LogP contribution is 2.57. The van der Waals surface area contributed by atoms with Gasteiger partial charge >= 0.3 is 0 Å². The summed E-state index contributed by atoms with van der Waals surface area (Å²) in [5, 5.41) is 10.6. The Hall–Kier alpha value is -0.450. The second-order valence-electron chi connectivity index (χ2n) is 9.26. The van der Waals surface area contributed by atoms with E-state index in [1.807, 2.05) is 0 Å². The third kappa shape index (κ3) is 5.92. The lowest BCUT2D eigenvalue weighted by atomic mass is 9.51. The maximum atomic E-state index is 6.01. The lowest BCUT2D eigenvalue weighted by Gasteiger charge is -2.61. The first kappa shape index (κ1) is 25.2. The molecule has 31 heavy (non-hydrogen) atoms. The highest BCUT2D eigenvalue weighted by molar-refractivity contribution is 14.0. The molecule has 2 atom stereocenters. The SMILES string of the molecule is CCNC(=NCC1CCN(Cc2csc(C)n2)CC1)NC1CC(OCC)C12CCC2.I. The maximum Gasteiger partial charge on any atom is 0.191 e. The molecule has 3 fully saturated rings. The van der Waals surface area contributed by atoms with E-state index >= 15 is 0 Å². The zero-order valence-corrected chi connectivity index (χ0v) is 22.5. The number of hydrogen-bond acceptors (Lipinski definition) is 5. The molecule has 6 nitrogen and oxygen atoms in total. The zero-order chi connectivity index (χ0) is 21.0. The average molecular weight is 562 g/mol. The molecule has 0 amide bonds. The summed E-state index contributed by atoms with van der Waals surface area (Å²) in [6.07, 6.45) is 7.96. The molecular weight excluding hydrogens is 521 g/mol. The number of aryl methyl sites for hydroxylation is 1. The molecule has 1 aromatic heterocycles. The van der Waals surface area contributed by atoms with Gasteiger partial charge in [-0.15, -0.1) is 35.3 Å². The van der Waals surface area contributed by atoms with E-state index in [1.54, 1.807) is 11.3 Å². The summed E-state index contributed by atoms with van der Waals surface area (Å²) in [4.78, 5) is 12.1. The Kier molecular flexibility index (Phi) is 9.43. The van der Waals surface area contributed by atoms with E-state index in [0.717, 1.165) is 51.7 Å². The highest BCUT2D eigenvalue weighted by Gasteiger charge is 2.59. The van der Waals surface area contributed by atoms with Gasteiger partial charge in [-0.25, -0.2) is 4.98 Å². The molecule has 8 heteroatoms. The molecule has 1 aliphatic heterocycles. The van der Waals surface area contributed by atoms with Crippen LogP contribution < -0.4 is 10.6 Å². The van der Waals surface area contributed by atoms with E-state index in [9.17, 15) is 0 Å². The monoisotopic (exact) mass is 561 g/mol. The Morgan fingerprint density at radius 2 is 2.10 bits per heavy atom. The molecule has 176 valence electrons. The van der Waals surface area contributed by atoms with Gasteiger partial charge in [0.1, 0.15) is 0 Å². The minimum Gasteiger partial charge on any atom is -0.378 e. The van der Waals surface area contributed by atoms with Crippen molar-refractivity contribution in [1.29, 1.82) is 0 Å². The first-order valence-corrected chi connectivity index (χ1v) is 12.8. The van der Waals surface area contributed by atoms with Crippen LogP contribution in [0.25, 0.3) is 0 Å². The van der Waals surface area contributed by atoms with Crippen LogP contribution in [0.15, 0.2) is 10.4 Å². The fraction of sp³-hybridized carbons (Fsp3) is 0.826. The fourth-order valence-corrected chi connectivity index (χ4v) is 5.99. The molecule has 1 spiro atoms. The van der Waals surface area contributed by atoms with E-state index in [0.29, 0.717) is 23.5 Å². The van der Waals surface area contributed by atoms with Crippen molar-refractivity contribution < 1.29 is 4.74 Å². The van der Waals surface area contributed by atoms with Crippen molar-refractivity contribution in [2.75, 3.05) is 32.8 Å². The quantitative estimate of drug-likeness (QED) is 0.283. The first-order chi connectivity index (χ1) is 14.6. The predicted octanol–water partition coefficient (Wildman–Crippen LogP) is 4.18. The minimum atomic E-state index is 0. The molecule has 0 aromatic carbocycles. The fourth-order valence-electron chi connectivity index (χ4n) is 5.38. The zero-order valence-electron chi connectivity index (χ0n) is 19.4. The summed E-state index contributed by atoms with van der Waals surface area (Å²) >= 11 is 1.75. The smallest absolute Gasteiger partial charge is 0.191 e. The van der Waals surface area contributed by atoms with Crippen LogP contribution in [0.1, 0.15) is 63.1 Å². The molecular formula is C23H40IN5OS. The molecule has 0 radical (unpaired) electrons. The molecule has 2 N–H and O–H groups in total. The Morgan fingerprint density at radius 3 is 2.68 bits per heavy atom. The number of aromatic nitrogens is 1. The van der Waals surface area contributed by atoms with Gasteiger partial charge in [-0.1, -0.05) is 6.42 Å². The number of halogens is 1. The number of piperidine rings is 1. The molecule has 2 aliphatic carbocycles. The number of thiazole rings is 1. The normalized spacial score (nSPS) is 26.1. The van der Waals surface area contributed by atoms with E-state index in [4.69, 9.17) is 9.73 Å². The Balaban J connectivity index is 0.00000272. The molecule has 0 bridgehead atoms. The predicted molar refractivity (Wildman–Crippen MR) is 139 cm³/mol. The Morgan fingerprint density at radius 1 is 1.32 bits per heavy atom. The number of hydrogen-bond donors (Lipinski definition) is 2.